The SMILES string of the molecule is O=C(N[C@@H](CCN1CC[C@@H](CCc2ccc3c(n2)NCCC3)C1)C(=O)O)c1cccs1. The molecule has 31 heavy (non-hydrogen) atoms. The molecular weight excluding hydrogens is 412 g/mol. The second-order valence-electron chi connectivity index (χ2n) is 8.46. The van der Waals surface area contributed by atoms with Crippen LogP contribution in [0.3, 0.4) is 0 Å². The van der Waals surface area contributed by atoms with Crippen LogP contribution in [0, 0.1) is 5.92 Å². The maximum Gasteiger partial charge on any atom is 0.326 e. The van der Waals surface area contributed by atoms with Crippen molar-refractivity contribution < 1.29 is 14.7 Å². The predicted octanol–water partition coefficient (Wildman–Crippen LogP) is 3.03. The molecule has 0 unspecified atom stereocenters. The van der Waals surface area contributed by atoms with Crippen LogP contribution in [0.15, 0.2) is 29.6 Å². The molecule has 1 saturated heterocycles. The average molecular weight is 443 g/mol. The smallest absolute Gasteiger partial charge is 0.326 e. The largest absolute Gasteiger partial charge is 0.480 e. The van der Waals surface area contributed by atoms with Crippen molar-refractivity contribution in [1.82, 2.24) is 15.2 Å². The third kappa shape index (κ3) is 5.83. The van der Waals surface area contributed by atoms with Gasteiger partial charge in [0.05, 0.1) is 4.88 Å². The number of carboxylic acids is 1. The monoisotopic (exact) mass is 442 g/mol. The molecule has 0 aromatic carbocycles. The van der Waals surface area contributed by atoms with E-state index < -0.39 is 12.0 Å². The second kappa shape index (κ2) is 10.2. The van der Waals surface area contributed by atoms with Crippen molar-refractivity contribution in [3.8, 4) is 0 Å². The number of rotatable bonds is 9. The third-order valence-electron chi connectivity index (χ3n) is 6.21. The number of nitrogens with zero attached hydrogens (tertiary/aromatic N) is 2. The lowest BCUT2D eigenvalue weighted by Crippen LogP contribution is -2.42. The zero-order valence-electron chi connectivity index (χ0n) is 17.7. The minimum Gasteiger partial charge on any atom is -0.480 e. The minimum atomic E-state index is -0.979. The van der Waals surface area contributed by atoms with Crippen LogP contribution in [0.4, 0.5) is 5.82 Å². The summed E-state index contributed by atoms with van der Waals surface area (Å²) in [4.78, 5) is 31.4. The molecule has 0 aliphatic carbocycles. The van der Waals surface area contributed by atoms with Crippen LogP contribution >= 0.6 is 11.3 Å². The Kier molecular flexibility index (Phi) is 7.19. The fourth-order valence-electron chi connectivity index (χ4n) is 4.42. The average Bonchev–Trinajstić information content (AvgIpc) is 3.47. The molecule has 2 atom stereocenters. The summed E-state index contributed by atoms with van der Waals surface area (Å²) in [6.45, 7) is 3.65. The normalized spacial score (nSPS) is 19.4. The Bertz CT molecular complexity index is 902. The fourth-order valence-corrected chi connectivity index (χ4v) is 5.04. The quantitative estimate of drug-likeness (QED) is 0.553. The first-order chi connectivity index (χ1) is 15.1. The van der Waals surface area contributed by atoms with Crippen molar-refractivity contribution in [1.29, 1.82) is 0 Å². The minimum absolute atomic E-state index is 0.311. The van der Waals surface area contributed by atoms with Gasteiger partial charge >= 0.3 is 5.97 Å². The van der Waals surface area contributed by atoms with Crippen LogP contribution in [-0.4, -0.2) is 59.1 Å². The standard InChI is InChI=1S/C23H30N4O3S/c28-22(20-4-2-14-31-20)26-19(23(29)30)10-13-27-12-9-16(15-27)5-7-18-8-6-17-3-1-11-24-21(17)25-18/h2,4,6,8,14,16,19H,1,3,5,7,9-13,15H2,(H,24,25)(H,26,28)(H,29,30)/t16-,19+/m1/s1. The highest BCUT2D eigenvalue weighted by Crippen LogP contribution is 2.24. The maximum atomic E-state index is 12.2. The molecule has 0 radical (unpaired) electrons. The molecule has 2 aliphatic rings. The first-order valence-electron chi connectivity index (χ1n) is 11.1. The lowest BCUT2D eigenvalue weighted by Gasteiger charge is -2.20. The highest BCUT2D eigenvalue weighted by Gasteiger charge is 2.26. The van der Waals surface area contributed by atoms with E-state index in [0.717, 1.165) is 56.8 Å². The number of amides is 1. The van der Waals surface area contributed by atoms with Gasteiger partial charge < -0.3 is 20.6 Å². The molecular formula is C23H30N4O3S. The van der Waals surface area contributed by atoms with Gasteiger partial charge in [0.2, 0.25) is 0 Å². The summed E-state index contributed by atoms with van der Waals surface area (Å²) in [5, 5.41) is 17.4. The Morgan fingerprint density at radius 1 is 1.35 bits per heavy atom. The third-order valence-corrected chi connectivity index (χ3v) is 7.08. The first-order valence-corrected chi connectivity index (χ1v) is 12.0. The number of hydrogen-bond acceptors (Lipinski definition) is 6. The van der Waals surface area contributed by atoms with Gasteiger partial charge in [-0.05, 0) is 74.1 Å². The predicted molar refractivity (Wildman–Crippen MR) is 122 cm³/mol. The van der Waals surface area contributed by atoms with Crippen molar-refractivity contribution in [2.45, 2.75) is 44.6 Å². The number of likely N-dealkylation sites (tertiary alicyclic amines) is 1. The maximum absolute atomic E-state index is 12.2. The van der Waals surface area contributed by atoms with Crippen molar-refractivity contribution in [3.63, 3.8) is 0 Å². The summed E-state index contributed by atoms with van der Waals surface area (Å²) in [6, 6.07) is 7.00. The highest BCUT2D eigenvalue weighted by atomic mass is 32.1. The van der Waals surface area contributed by atoms with Gasteiger partial charge in [-0.15, -0.1) is 11.3 Å². The Morgan fingerprint density at radius 2 is 2.26 bits per heavy atom. The molecule has 3 N–H and O–H groups in total. The summed E-state index contributed by atoms with van der Waals surface area (Å²) in [5.74, 6) is 0.373. The van der Waals surface area contributed by atoms with E-state index in [1.54, 1.807) is 12.1 Å². The Balaban J connectivity index is 1.21. The van der Waals surface area contributed by atoms with E-state index in [4.69, 9.17) is 4.98 Å². The van der Waals surface area contributed by atoms with Gasteiger partial charge in [-0.2, -0.15) is 0 Å². The van der Waals surface area contributed by atoms with Gasteiger partial charge in [0, 0.05) is 25.3 Å². The molecule has 2 aliphatic heterocycles. The first kappa shape index (κ1) is 21.8. The summed E-state index contributed by atoms with van der Waals surface area (Å²) >= 11 is 1.32. The summed E-state index contributed by atoms with van der Waals surface area (Å²) < 4.78 is 0. The number of hydrogen-bond donors (Lipinski definition) is 3. The molecule has 7 nitrogen and oxygen atoms in total. The molecule has 1 fully saturated rings. The number of nitrogens with one attached hydrogen (secondary N) is 2. The fraction of sp³-hybridized carbons (Fsp3) is 0.522. The van der Waals surface area contributed by atoms with Gasteiger partial charge in [-0.25, -0.2) is 9.78 Å². The number of aromatic nitrogens is 1. The van der Waals surface area contributed by atoms with Crippen LogP contribution in [0.2, 0.25) is 0 Å². The number of aliphatic carboxylic acids is 1. The molecule has 0 saturated carbocycles. The van der Waals surface area contributed by atoms with E-state index in [2.05, 4.69) is 27.7 Å². The number of carboxylic acid groups (broad SMARTS) is 1. The molecule has 4 rings (SSSR count). The molecule has 8 heteroatoms. The van der Waals surface area contributed by atoms with E-state index in [1.807, 2.05) is 5.38 Å². The van der Waals surface area contributed by atoms with E-state index in [-0.39, 0.29) is 5.91 Å². The summed E-state index contributed by atoms with van der Waals surface area (Å²) in [6.07, 6.45) is 5.90. The molecule has 166 valence electrons. The van der Waals surface area contributed by atoms with Crippen LogP contribution in [0.5, 0.6) is 0 Å². The highest BCUT2D eigenvalue weighted by molar-refractivity contribution is 7.12. The van der Waals surface area contributed by atoms with Gasteiger partial charge in [0.15, 0.2) is 0 Å². The van der Waals surface area contributed by atoms with Gasteiger partial charge in [-0.1, -0.05) is 12.1 Å². The molecule has 0 spiro atoms. The number of pyridine rings is 1. The zero-order valence-corrected chi connectivity index (χ0v) is 18.5. The lowest BCUT2D eigenvalue weighted by molar-refractivity contribution is -0.139. The van der Waals surface area contributed by atoms with Crippen LogP contribution in [-0.2, 0) is 17.6 Å². The number of carbonyl (C=O) groups excluding carboxylic acids is 1. The van der Waals surface area contributed by atoms with Gasteiger partial charge in [-0.3, -0.25) is 4.79 Å². The molecule has 2 aromatic heterocycles. The Morgan fingerprint density at radius 3 is 3.06 bits per heavy atom. The van der Waals surface area contributed by atoms with E-state index in [1.165, 1.54) is 23.3 Å². The number of fused-ring (bicyclic) bond motifs is 1. The number of thiophene rings is 1. The van der Waals surface area contributed by atoms with Crippen LogP contribution in [0.1, 0.15) is 46.6 Å². The summed E-state index contributed by atoms with van der Waals surface area (Å²) in [5.41, 5.74) is 2.47. The van der Waals surface area contributed by atoms with Crippen molar-refractivity contribution >= 4 is 29.0 Å². The number of carbonyl (C=O) groups is 2. The van der Waals surface area contributed by atoms with Crippen LogP contribution in [0.25, 0.3) is 0 Å². The lowest BCUT2D eigenvalue weighted by atomic mass is 10.00. The topological polar surface area (TPSA) is 94.6 Å². The number of anilines is 1. The Hall–Kier alpha value is -2.45. The summed E-state index contributed by atoms with van der Waals surface area (Å²) in [7, 11) is 0. The van der Waals surface area contributed by atoms with E-state index in [0.29, 0.717) is 23.8 Å². The second-order valence-corrected chi connectivity index (χ2v) is 9.41. The molecule has 1 amide bonds. The number of aryl methyl sites for hydroxylation is 2. The Labute approximate surface area is 186 Å². The van der Waals surface area contributed by atoms with Crippen molar-refractivity contribution in [3.05, 3.63) is 45.8 Å². The molecule has 2 aromatic rings. The van der Waals surface area contributed by atoms with Crippen molar-refractivity contribution in [2.75, 3.05) is 31.5 Å². The van der Waals surface area contributed by atoms with E-state index in [9.17, 15) is 14.7 Å². The van der Waals surface area contributed by atoms with E-state index >= 15 is 0 Å². The van der Waals surface area contributed by atoms with Gasteiger partial charge in [0.1, 0.15) is 11.9 Å². The van der Waals surface area contributed by atoms with Gasteiger partial charge in [0.25, 0.3) is 5.91 Å². The van der Waals surface area contributed by atoms with Crippen LogP contribution < -0.4 is 10.6 Å². The molecule has 4 heterocycles. The van der Waals surface area contributed by atoms with Crippen molar-refractivity contribution in [2.24, 2.45) is 5.92 Å². The zero-order chi connectivity index (χ0) is 21.6. The molecule has 0 bridgehead atoms.